The summed E-state index contributed by atoms with van der Waals surface area (Å²) >= 11 is 0. The highest BCUT2D eigenvalue weighted by Gasteiger charge is 2.21. The molecule has 28 heavy (non-hydrogen) atoms. The molecule has 0 aromatic heterocycles. The summed E-state index contributed by atoms with van der Waals surface area (Å²) in [5.41, 5.74) is 1.97. The molecule has 1 heterocycles. The van der Waals surface area contributed by atoms with Crippen LogP contribution in [0.5, 0.6) is 11.5 Å². The molecule has 5 nitrogen and oxygen atoms in total. The number of para-hydroxylation sites is 2. The van der Waals surface area contributed by atoms with Gasteiger partial charge >= 0.3 is 6.03 Å². The summed E-state index contributed by atoms with van der Waals surface area (Å²) in [6.45, 7) is 3.00. The first-order chi connectivity index (χ1) is 13.8. The Labute approximate surface area is 165 Å². The normalized spacial score (nSPS) is 13.9. The van der Waals surface area contributed by atoms with Crippen LogP contribution in [0.15, 0.2) is 84.9 Å². The van der Waals surface area contributed by atoms with Gasteiger partial charge in [-0.2, -0.15) is 0 Å². The number of urea groups is 1. The van der Waals surface area contributed by atoms with Crippen molar-refractivity contribution in [2.75, 3.05) is 36.4 Å². The minimum Gasteiger partial charge on any atom is -0.457 e. The van der Waals surface area contributed by atoms with Crippen LogP contribution in [0.4, 0.5) is 16.2 Å². The SMILES string of the molecule is O=C(Nc1ccccc1)N1CCN(c2ccc(Oc3ccccc3)cc2)CC1. The standard InChI is InChI=1S/C23H23N3O2/c27-23(24-19-7-3-1-4-8-19)26-17-15-25(16-18-26)20-11-13-22(14-12-20)28-21-9-5-2-6-10-21/h1-14H,15-18H2,(H,24,27). The Hall–Kier alpha value is -3.47. The lowest BCUT2D eigenvalue weighted by atomic mass is 10.2. The number of carbonyl (C=O) groups is 1. The zero-order chi connectivity index (χ0) is 19.2. The van der Waals surface area contributed by atoms with Gasteiger partial charge in [-0.25, -0.2) is 4.79 Å². The summed E-state index contributed by atoms with van der Waals surface area (Å²) < 4.78 is 5.85. The predicted octanol–water partition coefficient (Wildman–Crippen LogP) is 4.83. The second-order valence-corrected chi connectivity index (χ2v) is 6.68. The van der Waals surface area contributed by atoms with Gasteiger partial charge in [-0.05, 0) is 48.5 Å². The van der Waals surface area contributed by atoms with Crippen LogP contribution in [-0.2, 0) is 0 Å². The Balaban J connectivity index is 1.30. The highest BCUT2D eigenvalue weighted by atomic mass is 16.5. The number of nitrogens with zero attached hydrogens (tertiary/aromatic N) is 2. The molecule has 4 rings (SSSR count). The number of amides is 2. The van der Waals surface area contributed by atoms with Gasteiger partial charge in [-0.3, -0.25) is 0 Å². The summed E-state index contributed by atoms with van der Waals surface area (Å²) in [5, 5.41) is 2.95. The van der Waals surface area contributed by atoms with Crippen molar-refractivity contribution in [1.82, 2.24) is 4.90 Å². The van der Waals surface area contributed by atoms with Crippen molar-refractivity contribution < 1.29 is 9.53 Å². The lowest BCUT2D eigenvalue weighted by Gasteiger charge is -2.36. The number of anilines is 2. The maximum atomic E-state index is 12.4. The second-order valence-electron chi connectivity index (χ2n) is 6.68. The number of benzene rings is 3. The number of hydrogen-bond donors (Lipinski definition) is 1. The molecule has 0 saturated carbocycles. The van der Waals surface area contributed by atoms with E-state index in [2.05, 4.69) is 22.3 Å². The van der Waals surface area contributed by atoms with Gasteiger partial charge in [0.2, 0.25) is 0 Å². The van der Waals surface area contributed by atoms with Crippen LogP contribution in [0, 0.1) is 0 Å². The van der Waals surface area contributed by atoms with E-state index >= 15 is 0 Å². The summed E-state index contributed by atoms with van der Waals surface area (Å²) in [7, 11) is 0. The fraction of sp³-hybridized carbons (Fsp3) is 0.174. The van der Waals surface area contributed by atoms with E-state index in [1.165, 1.54) is 0 Å². The highest BCUT2D eigenvalue weighted by Crippen LogP contribution is 2.25. The average molecular weight is 373 g/mol. The summed E-state index contributed by atoms with van der Waals surface area (Å²) in [5.74, 6) is 1.64. The number of nitrogens with one attached hydrogen (secondary N) is 1. The number of carbonyl (C=O) groups excluding carboxylic acids is 1. The van der Waals surface area contributed by atoms with Crippen LogP contribution in [0.3, 0.4) is 0 Å². The Morgan fingerprint density at radius 2 is 1.29 bits per heavy atom. The Bertz CT molecular complexity index is 890. The minimum atomic E-state index is -0.0440. The second kappa shape index (κ2) is 8.48. The molecular weight excluding hydrogens is 350 g/mol. The third-order valence-electron chi connectivity index (χ3n) is 4.77. The Morgan fingerprint density at radius 3 is 1.93 bits per heavy atom. The zero-order valence-electron chi connectivity index (χ0n) is 15.6. The van der Waals surface area contributed by atoms with Crippen molar-refractivity contribution in [2.24, 2.45) is 0 Å². The van der Waals surface area contributed by atoms with E-state index < -0.39 is 0 Å². The van der Waals surface area contributed by atoms with Gasteiger partial charge in [-0.1, -0.05) is 36.4 Å². The largest absolute Gasteiger partial charge is 0.457 e. The molecule has 1 aliphatic heterocycles. The number of piperazine rings is 1. The number of hydrogen-bond acceptors (Lipinski definition) is 3. The first-order valence-corrected chi connectivity index (χ1v) is 9.47. The first kappa shape index (κ1) is 17.9. The molecule has 1 aliphatic rings. The van der Waals surface area contributed by atoms with Gasteiger partial charge in [0, 0.05) is 37.6 Å². The molecule has 2 amide bonds. The molecule has 3 aromatic carbocycles. The smallest absolute Gasteiger partial charge is 0.321 e. The lowest BCUT2D eigenvalue weighted by molar-refractivity contribution is 0.208. The van der Waals surface area contributed by atoms with Crippen molar-refractivity contribution in [1.29, 1.82) is 0 Å². The first-order valence-electron chi connectivity index (χ1n) is 9.47. The molecule has 142 valence electrons. The van der Waals surface area contributed by atoms with Gasteiger partial charge in [-0.15, -0.1) is 0 Å². The van der Waals surface area contributed by atoms with E-state index in [1.54, 1.807) is 0 Å². The van der Waals surface area contributed by atoms with E-state index in [1.807, 2.05) is 77.7 Å². The maximum Gasteiger partial charge on any atom is 0.321 e. The van der Waals surface area contributed by atoms with E-state index in [0.717, 1.165) is 36.0 Å². The molecule has 5 heteroatoms. The van der Waals surface area contributed by atoms with Crippen molar-refractivity contribution in [3.05, 3.63) is 84.9 Å². The van der Waals surface area contributed by atoms with Crippen LogP contribution >= 0.6 is 0 Å². The van der Waals surface area contributed by atoms with Gasteiger partial charge < -0.3 is 19.9 Å². The highest BCUT2D eigenvalue weighted by molar-refractivity contribution is 5.89. The lowest BCUT2D eigenvalue weighted by Crippen LogP contribution is -2.50. The van der Waals surface area contributed by atoms with Crippen molar-refractivity contribution >= 4 is 17.4 Å². The van der Waals surface area contributed by atoms with Crippen LogP contribution in [0.25, 0.3) is 0 Å². The fourth-order valence-corrected chi connectivity index (χ4v) is 3.24. The van der Waals surface area contributed by atoms with Crippen LogP contribution in [-0.4, -0.2) is 37.1 Å². The molecule has 0 bridgehead atoms. The quantitative estimate of drug-likeness (QED) is 0.712. The molecule has 0 spiro atoms. The van der Waals surface area contributed by atoms with Crippen molar-refractivity contribution in [2.45, 2.75) is 0 Å². The Morgan fingerprint density at radius 1 is 0.714 bits per heavy atom. The number of ether oxygens (including phenoxy) is 1. The van der Waals surface area contributed by atoms with E-state index in [9.17, 15) is 4.79 Å². The molecule has 3 aromatic rings. The monoisotopic (exact) mass is 373 g/mol. The topological polar surface area (TPSA) is 44.8 Å². The van der Waals surface area contributed by atoms with Crippen LogP contribution in [0.1, 0.15) is 0 Å². The molecule has 1 saturated heterocycles. The predicted molar refractivity (Wildman–Crippen MR) is 112 cm³/mol. The van der Waals surface area contributed by atoms with Gasteiger partial charge in [0.15, 0.2) is 0 Å². The van der Waals surface area contributed by atoms with E-state index in [-0.39, 0.29) is 6.03 Å². The van der Waals surface area contributed by atoms with E-state index in [0.29, 0.717) is 13.1 Å². The molecule has 0 unspecified atom stereocenters. The summed E-state index contributed by atoms with van der Waals surface area (Å²) in [6.07, 6.45) is 0. The third kappa shape index (κ3) is 4.43. The fourth-order valence-electron chi connectivity index (χ4n) is 3.24. The maximum absolute atomic E-state index is 12.4. The van der Waals surface area contributed by atoms with Crippen LogP contribution in [0.2, 0.25) is 0 Å². The van der Waals surface area contributed by atoms with Gasteiger partial charge in [0.05, 0.1) is 0 Å². The molecule has 0 aliphatic carbocycles. The summed E-state index contributed by atoms with van der Waals surface area (Å²) in [6, 6.07) is 27.4. The summed E-state index contributed by atoms with van der Waals surface area (Å²) in [4.78, 5) is 16.6. The molecule has 0 radical (unpaired) electrons. The van der Waals surface area contributed by atoms with Gasteiger partial charge in [0.1, 0.15) is 11.5 Å². The van der Waals surface area contributed by atoms with Gasteiger partial charge in [0.25, 0.3) is 0 Å². The molecule has 0 atom stereocenters. The number of rotatable bonds is 4. The zero-order valence-corrected chi connectivity index (χ0v) is 15.6. The van der Waals surface area contributed by atoms with Crippen molar-refractivity contribution in [3.8, 4) is 11.5 Å². The molecule has 1 N–H and O–H groups in total. The van der Waals surface area contributed by atoms with Crippen LogP contribution < -0.4 is 15.0 Å². The van der Waals surface area contributed by atoms with Crippen molar-refractivity contribution in [3.63, 3.8) is 0 Å². The minimum absolute atomic E-state index is 0.0440. The molecule has 1 fully saturated rings. The van der Waals surface area contributed by atoms with E-state index in [4.69, 9.17) is 4.74 Å². The average Bonchev–Trinajstić information content (AvgIpc) is 2.76. The molecular formula is C23H23N3O2. The third-order valence-corrected chi connectivity index (χ3v) is 4.77. The Kier molecular flexibility index (Phi) is 5.43.